The van der Waals surface area contributed by atoms with Crippen LogP contribution in [0.2, 0.25) is 10.0 Å². The quantitative estimate of drug-likeness (QED) is 0.557. The first-order valence-corrected chi connectivity index (χ1v) is 9.21. The van der Waals surface area contributed by atoms with E-state index < -0.39 is 4.92 Å². The molecule has 3 rings (SSSR count). The van der Waals surface area contributed by atoms with E-state index in [1.807, 2.05) is 12.1 Å². The Bertz CT molecular complexity index is 862. The van der Waals surface area contributed by atoms with Gasteiger partial charge in [0.05, 0.1) is 15.0 Å². The monoisotopic (exact) mass is 411 g/mol. The number of carbonyl (C=O) groups is 1. The van der Waals surface area contributed by atoms with Gasteiger partial charge in [0, 0.05) is 32.7 Å². The van der Waals surface area contributed by atoms with Crippen LogP contribution in [-0.2, 0) is 17.9 Å². The van der Waals surface area contributed by atoms with E-state index in [2.05, 4.69) is 10.00 Å². The molecule has 0 unspecified atom stereocenters. The maximum absolute atomic E-state index is 12.5. The van der Waals surface area contributed by atoms with Gasteiger partial charge in [-0.15, -0.1) is 0 Å². The van der Waals surface area contributed by atoms with Crippen LogP contribution in [-0.4, -0.2) is 56.6 Å². The highest BCUT2D eigenvalue weighted by atomic mass is 35.5. The third-order valence-corrected chi connectivity index (χ3v) is 5.41. The Morgan fingerprint density at radius 1 is 1.22 bits per heavy atom. The van der Waals surface area contributed by atoms with Crippen LogP contribution in [0.15, 0.2) is 24.4 Å². The summed E-state index contributed by atoms with van der Waals surface area (Å²) in [5, 5.41) is 15.9. The zero-order valence-corrected chi connectivity index (χ0v) is 16.3. The van der Waals surface area contributed by atoms with Crippen LogP contribution in [0.25, 0.3) is 0 Å². The summed E-state index contributed by atoms with van der Waals surface area (Å²) in [6.07, 6.45) is 1.18. The number of hydrogen-bond acceptors (Lipinski definition) is 5. The average molecular weight is 412 g/mol. The van der Waals surface area contributed by atoms with Crippen molar-refractivity contribution in [1.82, 2.24) is 19.6 Å². The zero-order chi connectivity index (χ0) is 19.6. The van der Waals surface area contributed by atoms with Crippen molar-refractivity contribution in [2.45, 2.75) is 20.0 Å². The first-order chi connectivity index (χ1) is 12.8. The van der Waals surface area contributed by atoms with Crippen LogP contribution in [0.1, 0.15) is 11.3 Å². The molecular weight excluding hydrogens is 393 g/mol. The summed E-state index contributed by atoms with van der Waals surface area (Å²) in [5.41, 5.74) is 1.38. The maximum Gasteiger partial charge on any atom is 0.309 e. The molecule has 1 aromatic heterocycles. The van der Waals surface area contributed by atoms with Crippen LogP contribution in [0.3, 0.4) is 0 Å². The summed E-state index contributed by atoms with van der Waals surface area (Å²) in [4.78, 5) is 26.9. The largest absolute Gasteiger partial charge is 0.339 e. The van der Waals surface area contributed by atoms with Gasteiger partial charge in [-0.1, -0.05) is 29.3 Å². The minimum Gasteiger partial charge on any atom is -0.339 e. The van der Waals surface area contributed by atoms with Crippen molar-refractivity contribution >= 4 is 34.8 Å². The number of halogens is 2. The number of nitro groups is 1. The fourth-order valence-electron chi connectivity index (χ4n) is 3.05. The molecule has 1 saturated heterocycles. The molecule has 144 valence electrons. The molecule has 2 heterocycles. The third-order valence-electron chi connectivity index (χ3n) is 4.67. The Balaban J connectivity index is 1.53. The molecule has 0 bridgehead atoms. The Kier molecular flexibility index (Phi) is 5.98. The van der Waals surface area contributed by atoms with E-state index in [0.717, 1.165) is 25.2 Å². The number of rotatable bonds is 5. The number of aromatic nitrogens is 2. The Labute approximate surface area is 166 Å². The fraction of sp³-hybridized carbons (Fsp3) is 0.412. The van der Waals surface area contributed by atoms with E-state index in [0.29, 0.717) is 28.8 Å². The van der Waals surface area contributed by atoms with E-state index >= 15 is 0 Å². The molecule has 2 aromatic rings. The molecule has 1 fully saturated rings. The van der Waals surface area contributed by atoms with Gasteiger partial charge in [-0.05, 0) is 24.6 Å². The van der Waals surface area contributed by atoms with Crippen molar-refractivity contribution in [2.24, 2.45) is 0 Å². The zero-order valence-electron chi connectivity index (χ0n) is 14.8. The molecular formula is C17H19Cl2N5O3. The van der Waals surface area contributed by atoms with Crippen molar-refractivity contribution < 1.29 is 9.72 Å². The summed E-state index contributed by atoms with van der Waals surface area (Å²) < 4.78 is 1.38. The SMILES string of the molecule is Cc1c([N+](=O)[O-])cnn1CC(=O)N1CCN(Cc2ccc(Cl)c(Cl)c2)CC1. The van der Waals surface area contributed by atoms with E-state index in [9.17, 15) is 14.9 Å². The Morgan fingerprint density at radius 2 is 1.93 bits per heavy atom. The molecule has 0 radical (unpaired) electrons. The first-order valence-electron chi connectivity index (χ1n) is 8.46. The summed E-state index contributed by atoms with van der Waals surface area (Å²) in [6.45, 7) is 5.02. The summed E-state index contributed by atoms with van der Waals surface area (Å²) in [7, 11) is 0. The van der Waals surface area contributed by atoms with Crippen molar-refractivity contribution in [3.63, 3.8) is 0 Å². The average Bonchev–Trinajstić information content (AvgIpc) is 2.99. The predicted octanol–water partition coefficient (Wildman–Crippen LogP) is 2.75. The number of amides is 1. The van der Waals surface area contributed by atoms with E-state index in [-0.39, 0.29) is 18.1 Å². The second-order valence-corrected chi connectivity index (χ2v) is 7.25. The van der Waals surface area contributed by atoms with Gasteiger partial charge >= 0.3 is 5.69 Å². The van der Waals surface area contributed by atoms with Crippen molar-refractivity contribution in [1.29, 1.82) is 0 Å². The topological polar surface area (TPSA) is 84.5 Å². The predicted molar refractivity (Wildman–Crippen MR) is 102 cm³/mol. The lowest BCUT2D eigenvalue weighted by Crippen LogP contribution is -2.49. The summed E-state index contributed by atoms with van der Waals surface area (Å²) >= 11 is 12.0. The minimum atomic E-state index is -0.495. The van der Waals surface area contributed by atoms with Crippen molar-refractivity contribution in [3.8, 4) is 0 Å². The number of benzene rings is 1. The molecule has 0 N–H and O–H groups in total. The lowest BCUT2D eigenvalue weighted by Gasteiger charge is -2.34. The van der Waals surface area contributed by atoms with Crippen LogP contribution >= 0.6 is 23.2 Å². The molecule has 0 atom stereocenters. The van der Waals surface area contributed by atoms with Gasteiger partial charge < -0.3 is 4.90 Å². The molecule has 1 amide bonds. The van der Waals surface area contributed by atoms with Gasteiger partial charge in [0.1, 0.15) is 18.4 Å². The van der Waals surface area contributed by atoms with Gasteiger partial charge in [0.25, 0.3) is 0 Å². The highest BCUT2D eigenvalue weighted by molar-refractivity contribution is 6.42. The molecule has 8 nitrogen and oxygen atoms in total. The molecule has 0 spiro atoms. The van der Waals surface area contributed by atoms with E-state index in [1.54, 1.807) is 17.9 Å². The number of nitrogens with zero attached hydrogens (tertiary/aromatic N) is 5. The van der Waals surface area contributed by atoms with E-state index in [1.165, 1.54) is 10.9 Å². The second kappa shape index (κ2) is 8.24. The van der Waals surface area contributed by atoms with Crippen molar-refractivity contribution in [2.75, 3.05) is 26.2 Å². The Morgan fingerprint density at radius 3 is 2.52 bits per heavy atom. The summed E-state index contributed by atoms with van der Waals surface area (Å²) in [6, 6.07) is 5.58. The number of carbonyl (C=O) groups excluding carboxylic acids is 1. The smallest absolute Gasteiger partial charge is 0.309 e. The molecule has 1 aromatic carbocycles. The second-order valence-electron chi connectivity index (χ2n) is 6.44. The molecule has 10 heteroatoms. The number of hydrogen-bond donors (Lipinski definition) is 0. The fourth-order valence-corrected chi connectivity index (χ4v) is 3.38. The van der Waals surface area contributed by atoms with Crippen LogP contribution in [0.5, 0.6) is 0 Å². The van der Waals surface area contributed by atoms with Gasteiger partial charge in [-0.3, -0.25) is 24.5 Å². The van der Waals surface area contributed by atoms with E-state index in [4.69, 9.17) is 23.2 Å². The molecule has 0 saturated carbocycles. The highest BCUT2D eigenvalue weighted by Gasteiger charge is 2.24. The van der Waals surface area contributed by atoms with Crippen LogP contribution < -0.4 is 0 Å². The van der Waals surface area contributed by atoms with Crippen molar-refractivity contribution in [3.05, 3.63) is 55.8 Å². The van der Waals surface area contributed by atoms with Gasteiger partial charge in [-0.25, -0.2) is 0 Å². The van der Waals surface area contributed by atoms with Gasteiger partial charge in [-0.2, -0.15) is 5.10 Å². The minimum absolute atomic E-state index is 0.00641. The van der Waals surface area contributed by atoms with Crippen LogP contribution in [0.4, 0.5) is 5.69 Å². The van der Waals surface area contributed by atoms with Crippen LogP contribution in [0, 0.1) is 17.0 Å². The van der Waals surface area contributed by atoms with Gasteiger partial charge in [0.15, 0.2) is 0 Å². The Hall–Kier alpha value is -2.16. The normalized spacial score (nSPS) is 15.1. The maximum atomic E-state index is 12.5. The highest BCUT2D eigenvalue weighted by Crippen LogP contribution is 2.23. The standard InChI is InChI=1S/C17H19Cl2N5O3/c1-12-16(24(26)27)9-20-23(12)11-17(25)22-6-4-21(5-7-22)10-13-2-3-14(18)15(19)8-13/h2-3,8-9H,4-7,10-11H2,1H3. The lowest BCUT2D eigenvalue weighted by atomic mass is 10.2. The molecule has 27 heavy (non-hydrogen) atoms. The summed E-state index contributed by atoms with van der Waals surface area (Å²) in [5.74, 6) is -0.0923. The van der Waals surface area contributed by atoms with Gasteiger partial charge in [0.2, 0.25) is 5.91 Å². The molecule has 1 aliphatic rings. The third kappa shape index (κ3) is 4.58. The molecule has 1 aliphatic heterocycles. The number of piperazine rings is 1. The molecule has 0 aliphatic carbocycles. The first kappa shape index (κ1) is 19.6. The lowest BCUT2D eigenvalue weighted by molar-refractivity contribution is -0.385.